The number of hydrogen-bond donors (Lipinski definition) is 5. The maximum atomic E-state index is 12.8. The number of dihydropyridines is 1. The zero-order valence-electron chi connectivity index (χ0n) is 28.9. The number of phenols is 1. The van der Waals surface area contributed by atoms with Crippen molar-refractivity contribution in [2.75, 3.05) is 27.3 Å². The van der Waals surface area contributed by atoms with Crippen molar-refractivity contribution in [3.63, 3.8) is 0 Å². The molecule has 1 aliphatic heterocycles. The minimum Gasteiger partial charge on any atom is -0.504 e. The average molecular weight is 646 g/mol. The van der Waals surface area contributed by atoms with Gasteiger partial charge in [-0.25, -0.2) is 0 Å². The fourth-order valence-corrected chi connectivity index (χ4v) is 6.54. The molecular weight excluding hydrogens is 590 g/mol. The van der Waals surface area contributed by atoms with Gasteiger partial charge in [-0.2, -0.15) is 0 Å². The number of nitrogens with two attached hydrogens (primary N) is 1. The highest BCUT2D eigenvalue weighted by Gasteiger charge is 2.18. The average Bonchev–Trinajstić information content (AvgIpc) is 3.00. The molecule has 0 aliphatic carbocycles. The highest BCUT2D eigenvalue weighted by atomic mass is 16.5. The second-order valence-electron chi connectivity index (χ2n) is 13.2. The first-order chi connectivity index (χ1) is 22.5. The number of carbonyl (C=O) groups excluding carboxylic acids is 2. The van der Waals surface area contributed by atoms with Gasteiger partial charge in [-0.15, -0.1) is 0 Å². The van der Waals surface area contributed by atoms with Gasteiger partial charge in [-0.3, -0.25) is 9.59 Å². The van der Waals surface area contributed by atoms with Gasteiger partial charge in [-0.05, 0) is 124 Å². The van der Waals surface area contributed by atoms with Gasteiger partial charge in [0.1, 0.15) is 5.78 Å². The Hall–Kier alpha value is -3.72. The molecule has 3 atom stereocenters. The fourth-order valence-electron chi connectivity index (χ4n) is 6.54. The molecular formula is C39H55N3O5. The Morgan fingerprint density at radius 3 is 2.49 bits per heavy atom. The number of methoxy groups -OCH3 is 1. The zero-order valence-corrected chi connectivity index (χ0v) is 28.9. The molecule has 0 saturated carbocycles. The van der Waals surface area contributed by atoms with E-state index in [9.17, 15) is 19.8 Å². The third-order valence-corrected chi connectivity index (χ3v) is 8.69. The van der Waals surface area contributed by atoms with Gasteiger partial charge in [0.25, 0.3) is 0 Å². The van der Waals surface area contributed by atoms with Gasteiger partial charge >= 0.3 is 0 Å². The number of aliphatic hydroxyl groups is 1. The lowest BCUT2D eigenvalue weighted by Crippen LogP contribution is -2.38. The van der Waals surface area contributed by atoms with Crippen LogP contribution >= 0.6 is 0 Å². The van der Waals surface area contributed by atoms with E-state index in [0.29, 0.717) is 30.4 Å². The van der Waals surface area contributed by atoms with Crippen molar-refractivity contribution in [3.05, 3.63) is 87.6 Å². The van der Waals surface area contributed by atoms with Gasteiger partial charge in [0.05, 0.1) is 19.7 Å². The molecule has 2 aromatic carbocycles. The predicted octanol–water partition coefficient (Wildman–Crippen LogP) is 5.85. The maximum absolute atomic E-state index is 12.8. The van der Waals surface area contributed by atoms with E-state index in [1.54, 1.807) is 18.2 Å². The summed E-state index contributed by atoms with van der Waals surface area (Å²) in [5.74, 6) is 0.981. The number of allylic oxidation sites excluding steroid dienone is 3. The summed E-state index contributed by atoms with van der Waals surface area (Å²) in [5.41, 5.74) is 13.6. The van der Waals surface area contributed by atoms with E-state index in [-0.39, 0.29) is 36.5 Å². The summed E-state index contributed by atoms with van der Waals surface area (Å²) in [6.07, 6.45) is 12.7. The summed E-state index contributed by atoms with van der Waals surface area (Å²) in [6, 6.07) is 9.87. The molecule has 1 unspecified atom stereocenters. The lowest BCUT2D eigenvalue weighted by Gasteiger charge is -2.23. The van der Waals surface area contributed by atoms with E-state index in [1.807, 2.05) is 13.2 Å². The van der Waals surface area contributed by atoms with Gasteiger partial charge in [0.2, 0.25) is 0 Å². The predicted molar refractivity (Wildman–Crippen MR) is 190 cm³/mol. The van der Waals surface area contributed by atoms with Gasteiger partial charge in [0, 0.05) is 19.2 Å². The first kappa shape index (κ1) is 37.7. The Balaban J connectivity index is 1.65. The van der Waals surface area contributed by atoms with Crippen LogP contribution in [0.4, 0.5) is 0 Å². The highest BCUT2D eigenvalue weighted by Crippen LogP contribution is 2.32. The van der Waals surface area contributed by atoms with E-state index in [0.717, 1.165) is 67.3 Å². The van der Waals surface area contributed by atoms with E-state index in [1.165, 1.54) is 29.9 Å². The molecule has 0 saturated heterocycles. The van der Waals surface area contributed by atoms with Crippen molar-refractivity contribution in [3.8, 4) is 11.5 Å². The molecule has 0 spiro atoms. The SMILES string of the molecule is CNC[C@H](C)C[C@H](CCCO)CCCC(=O)CC(=O)/C=C/c1cc(OC)c(O)cc1CC1=CNC(N)C(Cc2cc(C)cc(C)c2)=C1. The van der Waals surface area contributed by atoms with E-state index in [4.69, 9.17) is 10.5 Å². The first-order valence-corrected chi connectivity index (χ1v) is 16.9. The van der Waals surface area contributed by atoms with Crippen molar-refractivity contribution in [2.24, 2.45) is 17.6 Å². The largest absolute Gasteiger partial charge is 0.504 e. The number of rotatable bonds is 20. The van der Waals surface area contributed by atoms with E-state index >= 15 is 0 Å². The van der Waals surface area contributed by atoms with Crippen LogP contribution < -0.4 is 21.1 Å². The molecule has 1 aliphatic rings. The molecule has 8 heteroatoms. The van der Waals surface area contributed by atoms with Crippen LogP contribution in [0, 0.1) is 25.7 Å². The number of nitrogens with one attached hydrogen (secondary N) is 2. The number of Topliss-reactive ketones (excluding diaryl/α,β-unsaturated/α-hetero) is 1. The Morgan fingerprint density at radius 1 is 1.09 bits per heavy atom. The minimum absolute atomic E-state index is 0.0132. The van der Waals surface area contributed by atoms with Crippen LogP contribution in [0.2, 0.25) is 0 Å². The summed E-state index contributed by atoms with van der Waals surface area (Å²) < 4.78 is 5.35. The Morgan fingerprint density at radius 2 is 1.81 bits per heavy atom. The Bertz CT molecular complexity index is 1420. The number of aryl methyl sites for hydroxylation is 2. The van der Waals surface area contributed by atoms with Crippen LogP contribution in [0.1, 0.15) is 79.7 Å². The van der Waals surface area contributed by atoms with Crippen LogP contribution in [0.3, 0.4) is 0 Å². The van der Waals surface area contributed by atoms with Gasteiger partial charge in [-0.1, -0.05) is 54.8 Å². The fraction of sp³-hybridized carbons (Fsp3) is 0.487. The standard InChI is InChI=1S/C39H55N3O5/c1-26-14-27(2)16-30(15-26)18-34-20-31(25-42-39(34)40)19-33-21-37(46)38(47-5)22-32(33)11-12-36(45)23-35(44)10-6-8-29(9-7-13-43)17-28(3)24-41-4/h11-12,14-16,20-22,25,28-29,39,41-43,46H,6-10,13,17-19,23-24,40H2,1-5H3/b12-11+/t28-,29+,39?/m1/s1. The zero-order chi connectivity index (χ0) is 34.3. The molecule has 2 aromatic rings. The normalized spacial score (nSPS) is 15.9. The molecule has 6 N–H and O–H groups in total. The molecule has 47 heavy (non-hydrogen) atoms. The maximum Gasteiger partial charge on any atom is 0.163 e. The molecule has 0 radical (unpaired) electrons. The molecule has 256 valence electrons. The quantitative estimate of drug-likeness (QED) is 0.0895. The van der Waals surface area contributed by atoms with Gasteiger partial charge in [0.15, 0.2) is 17.3 Å². The Labute approximate surface area is 281 Å². The summed E-state index contributed by atoms with van der Waals surface area (Å²) in [7, 11) is 3.43. The molecule has 0 bridgehead atoms. The lowest BCUT2D eigenvalue weighted by atomic mass is 9.87. The number of phenolic OH excluding ortho intramolecular Hbond substituents is 1. The van der Waals surface area contributed by atoms with Crippen LogP contribution in [0.5, 0.6) is 11.5 Å². The monoisotopic (exact) mass is 645 g/mol. The summed E-state index contributed by atoms with van der Waals surface area (Å²) in [6.45, 7) is 7.52. The van der Waals surface area contributed by atoms with E-state index in [2.05, 4.69) is 55.7 Å². The Kier molecular flexibility index (Phi) is 15.4. The topological polar surface area (TPSA) is 134 Å². The lowest BCUT2D eigenvalue weighted by molar-refractivity contribution is -0.124. The number of aliphatic hydroxyl groups excluding tert-OH is 1. The third kappa shape index (κ3) is 12.8. The second kappa shape index (κ2) is 19.2. The summed E-state index contributed by atoms with van der Waals surface area (Å²) >= 11 is 0. The number of carbonyl (C=O) groups is 2. The van der Waals surface area contributed by atoms with Crippen molar-refractivity contribution in [1.82, 2.24) is 10.6 Å². The molecule has 8 nitrogen and oxygen atoms in total. The minimum atomic E-state index is -0.299. The number of ketones is 2. The summed E-state index contributed by atoms with van der Waals surface area (Å²) in [5, 5.41) is 26.3. The van der Waals surface area contributed by atoms with Crippen LogP contribution in [0.25, 0.3) is 6.08 Å². The van der Waals surface area contributed by atoms with Crippen LogP contribution in [0.15, 0.2) is 59.8 Å². The van der Waals surface area contributed by atoms with Crippen LogP contribution in [-0.4, -0.2) is 55.3 Å². The molecule has 0 fully saturated rings. The molecule has 3 rings (SSSR count). The highest BCUT2D eigenvalue weighted by molar-refractivity contribution is 6.06. The molecule has 0 amide bonds. The summed E-state index contributed by atoms with van der Waals surface area (Å²) in [4.78, 5) is 25.5. The second-order valence-corrected chi connectivity index (χ2v) is 13.2. The number of ether oxygens (including phenoxy) is 1. The molecule has 0 aromatic heterocycles. The first-order valence-electron chi connectivity index (χ1n) is 16.9. The van der Waals surface area contributed by atoms with Crippen molar-refractivity contribution < 1.29 is 24.5 Å². The smallest absolute Gasteiger partial charge is 0.163 e. The van der Waals surface area contributed by atoms with Crippen LogP contribution in [-0.2, 0) is 22.4 Å². The third-order valence-electron chi connectivity index (χ3n) is 8.69. The van der Waals surface area contributed by atoms with E-state index < -0.39 is 0 Å². The van der Waals surface area contributed by atoms with Crippen molar-refractivity contribution in [2.45, 2.75) is 84.7 Å². The number of aromatic hydroxyl groups is 1. The number of hydrogen-bond acceptors (Lipinski definition) is 8. The van der Waals surface area contributed by atoms with Gasteiger partial charge < -0.3 is 31.3 Å². The number of benzene rings is 2. The molecule has 1 heterocycles. The van der Waals surface area contributed by atoms with Crippen molar-refractivity contribution >= 4 is 17.6 Å². The van der Waals surface area contributed by atoms with Crippen molar-refractivity contribution in [1.29, 1.82) is 0 Å².